The fourth-order valence-electron chi connectivity index (χ4n) is 4.91. The van der Waals surface area contributed by atoms with Crippen molar-refractivity contribution in [2.45, 2.75) is 33.2 Å². The molecular weight excluding hydrogens is 522 g/mol. The Morgan fingerprint density at radius 1 is 0.927 bits per heavy atom. The number of nitrogens with zero attached hydrogens (tertiary/aromatic N) is 4. The van der Waals surface area contributed by atoms with Gasteiger partial charge in [-0.15, -0.1) is 10.2 Å². The van der Waals surface area contributed by atoms with Crippen LogP contribution in [0.25, 0.3) is 27.8 Å². The lowest BCUT2D eigenvalue weighted by Gasteiger charge is -2.14. The average Bonchev–Trinajstić information content (AvgIpc) is 3.56. The quantitative estimate of drug-likeness (QED) is 0.227. The highest BCUT2D eigenvalue weighted by Crippen LogP contribution is 2.38. The first kappa shape index (κ1) is 27.6. The van der Waals surface area contributed by atoms with Crippen LogP contribution in [0.5, 0.6) is 23.0 Å². The Morgan fingerprint density at radius 2 is 1.63 bits per heavy atom. The number of phenols is 2. The summed E-state index contributed by atoms with van der Waals surface area (Å²) in [6.07, 6.45) is 4.07. The Morgan fingerprint density at radius 3 is 2.29 bits per heavy atom. The van der Waals surface area contributed by atoms with Crippen molar-refractivity contribution in [3.05, 3.63) is 77.9 Å². The van der Waals surface area contributed by atoms with Crippen molar-refractivity contribution in [1.82, 2.24) is 24.6 Å². The molecule has 0 fully saturated rings. The summed E-state index contributed by atoms with van der Waals surface area (Å²) >= 11 is 0. The zero-order valence-corrected chi connectivity index (χ0v) is 23.7. The second-order valence-electron chi connectivity index (χ2n) is 10.1. The molecule has 0 bridgehead atoms. The predicted molar refractivity (Wildman–Crippen MR) is 156 cm³/mol. The average molecular weight is 556 g/mol. The van der Waals surface area contributed by atoms with Gasteiger partial charge in [0, 0.05) is 43.0 Å². The molecule has 2 aromatic heterocycles. The van der Waals surface area contributed by atoms with Gasteiger partial charge in [0.25, 0.3) is 5.91 Å². The Kier molecular flexibility index (Phi) is 7.56. The number of rotatable bonds is 9. The third kappa shape index (κ3) is 5.41. The fraction of sp³-hybridized carbons (Fsp3) is 0.258. The Hall–Kier alpha value is -4.99. The predicted octanol–water partition coefficient (Wildman–Crippen LogP) is 5.24. The van der Waals surface area contributed by atoms with E-state index in [-0.39, 0.29) is 29.1 Å². The molecule has 0 atom stereocenters. The van der Waals surface area contributed by atoms with Gasteiger partial charge in [-0.3, -0.25) is 9.36 Å². The molecule has 3 aromatic carbocycles. The second kappa shape index (κ2) is 11.2. The second-order valence-corrected chi connectivity index (χ2v) is 10.1. The zero-order valence-electron chi connectivity index (χ0n) is 23.7. The molecule has 5 rings (SSSR count). The highest BCUT2D eigenvalue weighted by Gasteiger charge is 2.24. The van der Waals surface area contributed by atoms with Gasteiger partial charge in [0.05, 0.1) is 25.5 Å². The highest BCUT2D eigenvalue weighted by atomic mass is 16.5. The lowest BCUT2D eigenvalue weighted by molar-refractivity contribution is 0.0943. The SMILES string of the molecule is CCNC(=O)c1nnc(-c2cc(C(C)C)c(O)cc2O)n1-c1ccc2cn(Cc3cc(OC)cc(OC)c3)cc2c1. The van der Waals surface area contributed by atoms with Crippen LogP contribution in [0.15, 0.2) is 60.9 Å². The Labute approximate surface area is 237 Å². The van der Waals surface area contributed by atoms with Gasteiger partial charge in [-0.05, 0) is 59.7 Å². The van der Waals surface area contributed by atoms with Crippen molar-refractivity contribution >= 4 is 16.7 Å². The van der Waals surface area contributed by atoms with E-state index in [1.165, 1.54) is 6.07 Å². The van der Waals surface area contributed by atoms with Gasteiger partial charge in [0.1, 0.15) is 23.0 Å². The largest absolute Gasteiger partial charge is 0.508 e. The van der Waals surface area contributed by atoms with Gasteiger partial charge in [0.15, 0.2) is 5.82 Å². The molecule has 5 aromatic rings. The van der Waals surface area contributed by atoms with Gasteiger partial charge in [-0.2, -0.15) is 0 Å². The number of nitrogens with one attached hydrogen (secondary N) is 1. The molecule has 10 nitrogen and oxygen atoms in total. The minimum Gasteiger partial charge on any atom is -0.508 e. The monoisotopic (exact) mass is 555 g/mol. The van der Waals surface area contributed by atoms with Crippen LogP contribution >= 0.6 is 0 Å². The van der Waals surface area contributed by atoms with E-state index in [1.54, 1.807) is 24.9 Å². The topological polar surface area (TPSA) is 124 Å². The lowest BCUT2D eigenvalue weighted by Crippen LogP contribution is -2.26. The summed E-state index contributed by atoms with van der Waals surface area (Å²) in [7, 11) is 3.25. The number of phenolic OH excluding ortho intramolecular Hbond substituents is 2. The van der Waals surface area contributed by atoms with Crippen LogP contribution < -0.4 is 14.8 Å². The van der Waals surface area contributed by atoms with E-state index in [0.29, 0.717) is 29.9 Å². The molecule has 0 saturated carbocycles. The molecule has 0 aliphatic carbocycles. The van der Waals surface area contributed by atoms with Crippen LogP contribution in [0.2, 0.25) is 0 Å². The van der Waals surface area contributed by atoms with Crippen molar-refractivity contribution in [3.8, 4) is 40.1 Å². The zero-order chi connectivity index (χ0) is 29.3. The number of methoxy groups -OCH3 is 2. The van der Waals surface area contributed by atoms with Gasteiger partial charge in [-0.25, -0.2) is 0 Å². The molecule has 212 valence electrons. The third-order valence-electron chi connectivity index (χ3n) is 6.93. The number of carbonyl (C=O) groups excluding carboxylic acids is 1. The summed E-state index contributed by atoms with van der Waals surface area (Å²) in [5.74, 6) is 1.24. The molecule has 3 N–H and O–H groups in total. The van der Waals surface area contributed by atoms with E-state index in [0.717, 1.165) is 27.8 Å². The van der Waals surface area contributed by atoms with Crippen molar-refractivity contribution in [2.24, 2.45) is 0 Å². The molecule has 2 heterocycles. The summed E-state index contributed by atoms with van der Waals surface area (Å²) in [6.45, 7) is 6.73. The van der Waals surface area contributed by atoms with Crippen LogP contribution in [0.3, 0.4) is 0 Å². The first-order chi connectivity index (χ1) is 19.7. The molecule has 0 radical (unpaired) electrons. The lowest BCUT2D eigenvalue weighted by atomic mass is 9.98. The molecule has 0 aliphatic heterocycles. The standard InChI is InChI=1S/C31H33N5O5/c1-6-32-31(39)30-34-33-29(26-13-25(18(2)3)27(37)14-28(26)38)36(30)22-8-7-20-16-35(17-21(20)11-22)15-19-9-23(40-4)12-24(10-19)41-5/h7-14,16-18,37-38H,6,15H2,1-5H3,(H,32,39). The number of hydrogen-bond donors (Lipinski definition) is 3. The normalized spacial score (nSPS) is 11.3. The Balaban J connectivity index is 1.60. The minimum absolute atomic E-state index is 0.00533. The van der Waals surface area contributed by atoms with E-state index in [2.05, 4.69) is 20.1 Å². The van der Waals surface area contributed by atoms with Crippen molar-refractivity contribution in [3.63, 3.8) is 0 Å². The molecule has 0 aliphatic rings. The molecular formula is C31H33N5O5. The summed E-state index contributed by atoms with van der Waals surface area (Å²) < 4.78 is 14.5. The van der Waals surface area contributed by atoms with Gasteiger partial charge < -0.3 is 29.6 Å². The van der Waals surface area contributed by atoms with E-state index < -0.39 is 5.91 Å². The van der Waals surface area contributed by atoms with Crippen LogP contribution in [-0.2, 0) is 6.54 Å². The number of ether oxygens (including phenoxy) is 2. The van der Waals surface area contributed by atoms with Crippen LogP contribution in [0.4, 0.5) is 0 Å². The number of fused-ring (bicyclic) bond motifs is 1. The van der Waals surface area contributed by atoms with Gasteiger partial charge in [-0.1, -0.05) is 19.9 Å². The molecule has 41 heavy (non-hydrogen) atoms. The summed E-state index contributed by atoms with van der Waals surface area (Å²) in [6, 6.07) is 14.6. The minimum atomic E-state index is -0.391. The van der Waals surface area contributed by atoms with E-state index in [4.69, 9.17) is 9.47 Å². The van der Waals surface area contributed by atoms with Gasteiger partial charge in [0.2, 0.25) is 5.82 Å². The summed E-state index contributed by atoms with van der Waals surface area (Å²) in [5.41, 5.74) is 2.68. The van der Waals surface area contributed by atoms with Crippen LogP contribution in [0.1, 0.15) is 48.4 Å². The van der Waals surface area contributed by atoms with Crippen molar-refractivity contribution in [1.29, 1.82) is 0 Å². The highest BCUT2D eigenvalue weighted by molar-refractivity contribution is 5.93. The Bertz CT molecular complexity index is 1710. The van der Waals surface area contributed by atoms with Crippen molar-refractivity contribution < 1.29 is 24.5 Å². The molecule has 0 saturated heterocycles. The van der Waals surface area contributed by atoms with Gasteiger partial charge >= 0.3 is 0 Å². The smallest absolute Gasteiger partial charge is 0.289 e. The summed E-state index contributed by atoms with van der Waals surface area (Å²) in [5, 5.41) is 34.4. The van der Waals surface area contributed by atoms with E-state index in [1.807, 2.05) is 69.6 Å². The fourth-order valence-corrected chi connectivity index (χ4v) is 4.91. The van der Waals surface area contributed by atoms with E-state index in [9.17, 15) is 15.0 Å². The van der Waals surface area contributed by atoms with E-state index >= 15 is 0 Å². The maximum absolute atomic E-state index is 13.0. The summed E-state index contributed by atoms with van der Waals surface area (Å²) in [4.78, 5) is 13.0. The maximum atomic E-state index is 13.0. The molecule has 1 amide bonds. The number of aromatic hydroxyl groups is 2. The van der Waals surface area contributed by atoms with Crippen LogP contribution in [-0.4, -0.2) is 56.2 Å². The third-order valence-corrected chi connectivity index (χ3v) is 6.93. The number of amides is 1. The molecule has 0 unspecified atom stereocenters. The first-order valence-electron chi connectivity index (χ1n) is 13.3. The molecule has 10 heteroatoms. The number of benzene rings is 3. The number of hydrogen-bond acceptors (Lipinski definition) is 7. The number of carbonyl (C=O) groups is 1. The first-order valence-corrected chi connectivity index (χ1v) is 13.3. The number of aromatic nitrogens is 4. The van der Waals surface area contributed by atoms with Crippen molar-refractivity contribution in [2.75, 3.05) is 20.8 Å². The van der Waals surface area contributed by atoms with Crippen LogP contribution in [0, 0.1) is 0 Å². The maximum Gasteiger partial charge on any atom is 0.289 e. The molecule has 0 spiro atoms.